The Hall–Kier alpha value is -2.83. The third-order valence-corrected chi connectivity index (χ3v) is 3.89. The Morgan fingerprint density at radius 1 is 1.36 bits per heavy atom. The number of aromatic nitrogens is 3. The summed E-state index contributed by atoms with van der Waals surface area (Å²) >= 11 is 0. The predicted molar refractivity (Wildman–Crippen MR) is 77.7 cm³/mol. The molecule has 2 aliphatic rings. The van der Waals surface area contributed by atoms with Crippen LogP contribution in [0.3, 0.4) is 0 Å². The minimum Gasteiger partial charge on any atom is -0.454 e. The second-order valence-electron chi connectivity index (χ2n) is 5.26. The molecule has 3 heterocycles. The first-order chi connectivity index (χ1) is 10.6. The highest BCUT2D eigenvalue weighted by Gasteiger charge is 2.32. The molecule has 1 aromatic heterocycles. The standard InChI is InChI=1S/C15H14N4O3/c1-8-13(9(2)20)14(19-15(18-8)16-6-17-19)10-3-4-11-12(5-10)22-7-21-11/h3-6,14H,7H2,1-2H3,(H,16,17,18)/t14-/m1/s1. The molecule has 22 heavy (non-hydrogen) atoms. The maximum Gasteiger partial charge on any atom is 0.231 e. The monoisotopic (exact) mass is 298 g/mol. The highest BCUT2D eigenvalue weighted by atomic mass is 16.7. The molecule has 0 unspecified atom stereocenters. The van der Waals surface area contributed by atoms with Crippen LogP contribution >= 0.6 is 0 Å². The Labute approximate surface area is 126 Å². The Morgan fingerprint density at radius 3 is 3.00 bits per heavy atom. The smallest absolute Gasteiger partial charge is 0.231 e. The number of benzene rings is 1. The summed E-state index contributed by atoms with van der Waals surface area (Å²) < 4.78 is 12.5. The van der Waals surface area contributed by atoms with Crippen molar-refractivity contribution in [1.82, 2.24) is 14.8 Å². The summed E-state index contributed by atoms with van der Waals surface area (Å²) in [6.45, 7) is 3.64. The van der Waals surface area contributed by atoms with Gasteiger partial charge >= 0.3 is 0 Å². The van der Waals surface area contributed by atoms with Gasteiger partial charge in [-0.3, -0.25) is 4.79 Å². The molecule has 1 aromatic carbocycles. The fourth-order valence-electron chi connectivity index (χ4n) is 2.94. The van der Waals surface area contributed by atoms with E-state index in [-0.39, 0.29) is 18.6 Å². The molecule has 0 aliphatic carbocycles. The van der Waals surface area contributed by atoms with E-state index < -0.39 is 0 Å². The van der Waals surface area contributed by atoms with Crippen molar-refractivity contribution >= 4 is 11.7 Å². The van der Waals surface area contributed by atoms with Gasteiger partial charge in [-0.15, -0.1) is 0 Å². The third kappa shape index (κ3) is 1.78. The summed E-state index contributed by atoms with van der Waals surface area (Å²) in [5.41, 5.74) is 2.36. The van der Waals surface area contributed by atoms with Crippen molar-refractivity contribution in [1.29, 1.82) is 0 Å². The van der Waals surface area contributed by atoms with Gasteiger partial charge in [-0.2, -0.15) is 10.1 Å². The van der Waals surface area contributed by atoms with Gasteiger partial charge in [0.15, 0.2) is 17.3 Å². The Morgan fingerprint density at radius 2 is 2.18 bits per heavy atom. The number of fused-ring (bicyclic) bond motifs is 2. The van der Waals surface area contributed by atoms with E-state index in [0.29, 0.717) is 23.0 Å². The zero-order valence-electron chi connectivity index (χ0n) is 12.2. The predicted octanol–water partition coefficient (Wildman–Crippen LogP) is 1.88. The molecule has 7 heteroatoms. The van der Waals surface area contributed by atoms with Crippen molar-refractivity contribution in [3.8, 4) is 11.5 Å². The van der Waals surface area contributed by atoms with Crippen molar-refractivity contribution in [2.45, 2.75) is 19.9 Å². The van der Waals surface area contributed by atoms with Crippen LogP contribution in [-0.4, -0.2) is 27.3 Å². The van der Waals surface area contributed by atoms with Gasteiger partial charge < -0.3 is 14.8 Å². The van der Waals surface area contributed by atoms with Crippen molar-refractivity contribution in [2.75, 3.05) is 12.1 Å². The Kier molecular flexibility index (Phi) is 2.69. The van der Waals surface area contributed by atoms with E-state index in [1.54, 1.807) is 11.6 Å². The van der Waals surface area contributed by atoms with Crippen LogP contribution in [0.5, 0.6) is 11.5 Å². The summed E-state index contributed by atoms with van der Waals surface area (Å²) in [5, 5.41) is 7.38. The molecule has 4 rings (SSSR count). The van der Waals surface area contributed by atoms with Crippen molar-refractivity contribution in [2.24, 2.45) is 0 Å². The molecule has 0 amide bonds. The average Bonchev–Trinajstić information content (AvgIpc) is 3.12. The van der Waals surface area contributed by atoms with Gasteiger partial charge in [0.05, 0.1) is 0 Å². The molecule has 0 saturated carbocycles. The van der Waals surface area contributed by atoms with Crippen LogP contribution in [0.4, 0.5) is 5.95 Å². The molecule has 0 fully saturated rings. The fourth-order valence-corrected chi connectivity index (χ4v) is 2.94. The molecule has 0 saturated heterocycles. The van der Waals surface area contributed by atoms with Crippen LogP contribution in [0.15, 0.2) is 35.8 Å². The van der Waals surface area contributed by atoms with Crippen molar-refractivity contribution in [3.05, 3.63) is 41.4 Å². The molecular formula is C15H14N4O3. The lowest BCUT2D eigenvalue weighted by Gasteiger charge is -2.28. The number of allylic oxidation sites excluding steroid dienone is 2. The Bertz CT molecular complexity index is 809. The minimum absolute atomic E-state index is 0.00573. The molecule has 0 spiro atoms. The lowest BCUT2D eigenvalue weighted by molar-refractivity contribution is -0.114. The van der Waals surface area contributed by atoms with Gasteiger partial charge in [0.25, 0.3) is 0 Å². The maximum atomic E-state index is 12.1. The molecule has 1 N–H and O–H groups in total. The van der Waals surface area contributed by atoms with Gasteiger partial charge in [0.1, 0.15) is 12.4 Å². The summed E-state index contributed by atoms with van der Waals surface area (Å²) in [6, 6.07) is 5.33. The Balaban J connectivity index is 1.89. The van der Waals surface area contributed by atoms with Crippen LogP contribution in [0.2, 0.25) is 0 Å². The van der Waals surface area contributed by atoms with E-state index in [2.05, 4.69) is 15.4 Å². The quantitative estimate of drug-likeness (QED) is 0.912. The maximum absolute atomic E-state index is 12.1. The van der Waals surface area contributed by atoms with Gasteiger partial charge in [0.2, 0.25) is 12.7 Å². The topological polar surface area (TPSA) is 78.3 Å². The van der Waals surface area contributed by atoms with Crippen LogP contribution in [0, 0.1) is 0 Å². The number of rotatable bonds is 2. The minimum atomic E-state index is -0.328. The van der Waals surface area contributed by atoms with Gasteiger partial charge in [-0.1, -0.05) is 6.07 Å². The van der Waals surface area contributed by atoms with Gasteiger partial charge in [0, 0.05) is 11.3 Å². The largest absolute Gasteiger partial charge is 0.454 e. The number of nitrogens with one attached hydrogen (secondary N) is 1. The summed E-state index contributed by atoms with van der Waals surface area (Å²) in [6.07, 6.45) is 1.47. The number of anilines is 1. The van der Waals surface area contributed by atoms with Crippen LogP contribution in [0.1, 0.15) is 25.5 Å². The number of carbonyl (C=O) groups is 1. The second-order valence-corrected chi connectivity index (χ2v) is 5.26. The first kappa shape index (κ1) is 12.9. The second kappa shape index (κ2) is 4.59. The van der Waals surface area contributed by atoms with E-state index in [4.69, 9.17) is 9.47 Å². The average molecular weight is 298 g/mol. The lowest BCUT2D eigenvalue weighted by atomic mass is 9.93. The number of nitrogens with zero attached hydrogens (tertiary/aromatic N) is 3. The first-order valence-electron chi connectivity index (χ1n) is 6.93. The number of ketones is 1. The van der Waals surface area contributed by atoms with E-state index in [0.717, 1.165) is 11.3 Å². The summed E-state index contributed by atoms with van der Waals surface area (Å²) in [4.78, 5) is 16.3. The highest BCUT2D eigenvalue weighted by Crippen LogP contribution is 2.39. The third-order valence-electron chi connectivity index (χ3n) is 3.89. The first-order valence-corrected chi connectivity index (χ1v) is 6.93. The molecule has 0 bridgehead atoms. The molecule has 2 aliphatic heterocycles. The molecule has 0 radical (unpaired) electrons. The van der Waals surface area contributed by atoms with Crippen LogP contribution in [-0.2, 0) is 4.79 Å². The fraction of sp³-hybridized carbons (Fsp3) is 0.267. The molecule has 1 atom stereocenters. The van der Waals surface area contributed by atoms with E-state index in [9.17, 15) is 4.79 Å². The van der Waals surface area contributed by atoms with Gasteiger partial charge in [-0.05, 0) is 31.5 Å². The van der Waals surface area contributed by atoms with E-state index in [1.807, 2.05) is 25.1 Å². The van der Waals surface area contributed by atoms with Gasteiger partial charge in [-0.25, -0.2) is 4.68 Å². The highest BCUT2D eigenvalue weighted by molar-refractivity contribution is 5.96. The number of Topliss-reactive ketones (excluding diaryl/α,β-unsaturated/α-hetero) is 1. The molecule has 2 aromatic rings. The molecule has 7 nitrogen and oxygen atoms in total. The van der Waals surface area contributed by atoms with Crippen LogP contribution < -0.4 is 14.8 Å². The molecule has 112 valence electrons. The van der Waals surface area contributed by atoms with E-state index in [1.165, 1.54) is 6.33 Å². The number of hydrogen-bond acceptors (Lipinski definition) is 6. The number of hydrogen-bond donors (Lipinski definition) is 1. The van der Waals surface area contributed by atoms with E-state index >= 15 is 0 Å². The molecular weight excluding hydrogens is 284 g/mol. The SMILES string of the molecule is CC(=O)C1=C(C)Nc2ncnn2[C@@H]1c1ccc2c(c1)OCO2. The normalized spacial score (nSPS) is 18.9. The summed E-state index contributed by atoms with van der Waals surface area (Å²) in [5.74, 6) is 2.00. The van der Waals surface area contributed by atoms with Crippen LogP contribution in [0.25, 0.3) is 0 Å². The zero-order valence-corrected chi connectivity index (χ0v) is 12.2. The number of carbonyl (C=O) groups excluding carboxylic acids is 1. The summed E-state index contributed by atoms with van der Waals surface area (Å²) in [7, 11) is 0. The van der Waals surface area contributed by atoms with Crippen molar-refractivity contribution < 1.29 is 14.3 Å². The van der Waals surface area contributed by atoms with Crippen molar-refractivity contribution in [3.63, 3.8) is 0 Å². The number of ether oxygens (including phenoxy) is 2. The zero-order chi connectivity index (χ0) is 15.3. The lowest BCUT2D eigenvalue weighted by Crippen LogP contribution is -2.27.